The lowest BCUT2D eigenvalue weighted by molar-refractivity contribution is 0.0564. The van der Waals surface area contributed by atoms with Crippen molar-refractivity contribution < 1.29 is 13.9 Å². The van der Waals surface area contributed by atoms with Crippen molar-refractivity contribution in [2.75, 3.05) is 12.8 Å². The fourth-order valence-corrected chi connectivity index (χ4v) is 1.49. The third-order valence-corrected chi connectivity index (χ3v) is 2.44. The monoisotopic (exact) mass is 243 g/mol. The molecule has 0 aliphatic rings. The average Bonchev–Trinajstić information content (AvgIpc) is 2.86. The molecule has 1 heterocycles. The maximum Gasteiger partial charge on any atom is 0.373 e. The van der Waals surface area contributed by atoms with E-state index in [0.29, 0.717) is 11.4 Å². The first-order valence-corrected chi connectivity index (χ1v) is 5.41. The minimum Gasteiger partial charge on any atom is -0.463 e. The van der Waals surface area contributed by atoms with Crippen LogP contribution in [-0.2, 0) is 4.74 Å². The third kappa shape index (κ3) is 2.60. The van der Waals surface area contributed by atoms with Gasteiger partial charge in [0, 0.05) is 5.69 Å². The van der Waals surface area contributed by atoms with E-state index in [1.54, 1.807) is 18.2 Å². The molecule has 0 unspecified atom stereocenters. The first kappa shape index (κ1) is 12.0. The van der Waals surface area contributed by atoms with Crippen LogP contribution in [-0.4, -0.2) is 13.1 Å². The number of ether oxygens (including phenoxy) is 1. The molecule has 4 nitrogen and oxygen atoms in total. The molecule has 18 heavy (non-hydrogen) atoms. The molecule has 0 atom stereocenters. The normalized spacial score (nSPS) is 10.7. The fraction of sp³-hybridized carbons (Fsp3) is 0.0714. The Labute approximate surface area is 105 Å². The van der Waals surface area contributed by atoms with Crippen LogP contribution in [0.5, 0.6) is 0 Å². The fourth-order valence-electron chi connectivity index (χ4n) is 1.49. The zero-order valence-electron chi connectivity index (χ0n) is 9.92. The molecule has 0 aliphatic carbocycles. The lowest BCUT2D eigenvalue weighted by Crippen LogP contribution is -1.98. The van der Waals surface area contributed by atoms with Gasteiger partial charge < -0.3 is 14.9 Å². The SMILES string of the molecule is COC(=O)c1ccc(/C=C/c2ccccc2N)o1. The lowest BCUT2D eigenvalue weighted by atomic mass is 10.1. The van der Waals surface area contributed by atoms with Gasteiger partial charge in [-0.2, -0.15) is 0 Å². The van der Waals surface area contributed by atoms with Crippen LogP contribution < -0.4 is 5.73 Å². The molecule has 0 saturated carbocycles. The predicted molar refractivity (Wildman–Crippen MR) is 69.8 cm³/mol. The Hall–Kier alpha value is -2.49. The number of nitrogens with two attached hydrogens (primary N) is 1. The number of methoxy groups -OCH3 is 1. The van der Waals surface area contributed by atoms with Crippen LogP contribution in [0, 0.1) is 0 Å². The summed E-state index contributed by atoms with van der Waals surface area (Å²) in [4.78, 5) is 11.2. The topological polar surface area (TPSA) is 65.5 Å². The van der Waals surface area contributed by atoms with Gasteiger partial charge in [0.2, 0.25) is 5.76 Å². The number of carbonyl (C=O) groups is 1. The van der Waals surface area contributed by atoms with Gasteiger partial charge in [0.1, 0.15) is 5.76 Å². The summed E-state index contributed by atoms with van der Waals surface area (Å²) in [7, 11) is 1.31. The van der Waals surface area contributed by atoms with Gasteiger partial charge in [-0.15, -0.1) is 0 Å². The molecule has 0 saturated heterocycles. The Kier molecular flexibility index (Phi) is 3.48. The third-order valence-electron chi connectivity index (χ3n) is 2.44. The minimum atomic E-state index is -0.492. The predicted octanol–water partition coefficient (Wildman–Crippen LogP) is 2.82. The van der Waals surface area contributed by atoms with E-state index >= 15 is 0 Å². The van der Waals surface area contributed by atoms with Gasteiger partial charge in [0.15, 0.2) is 0 Å². The van der Waals surface area contributed by atoms with Crippen molar-refractivity contribution in [2.24, 2.45) is 0 Å². The van der Waals surface area contributed by atoms with Crippen molar-refractivity contribution >= 4 is 23.8 Å². The van der Waals surface area contributed by atoms with E-state index in [0.717, 1.165) is 5.56 Å². The van der Waals surface area contributed by atoms with Crippen LogP contribution in [0.25, 0.3) is 12.2 Å². The Balaban J connectivity index is 2.17. The van der Waals surface area contributed by atoms with Gasteiger partial charge in [0.05, 0.1) is 7.11 Å². The number of hydrogen-bond acceptors (Lipinski definition) is 4. The van der Waals surface area contributed by atoms with Gasteiger partial charge >= 0.3 is 5.97 Å². The average molecular weight is 243 g/mol. The summed E-state index contributed by atoms with van der Waals surface area (Å²) >= 11 is 0. The molecule has 0 radical (unpaired) electrons. The molecule has 0 bridgehead atoms. The highest BCUT2D eigenvalue weighted by Gasteiger charge is 2.09. The highest BCUT2D eigenvalue weighted by molar-refractivity contribution is 5.86. The van der Waals surface area contributed by atoms with Crippen LogP contribution in [0.2, 0.25) is 0 Å². The van der Waals surface area contributed by atoms with Crippen LogP contribution >= 0.6 is 0 Å². The van der Waals surface area contributed by atoms with Gasteiger partial charge in [-0.05, 0) is 35.9 Å². The van der Waals surface area contributed by atoms with Crippen molar-refractivity contribution in [3.05, 3.63) is 53.5 Å². The van der Waals surface area contributed by atoms with Gasteiger partial charge in [-0.1, -0.05) is 18.2 Å². The van der Waals surface area contributed by atoms with Gasteiger partial charge in [-0.3, -0.25) is 0 Å². The quantitative estimate of drug-likeness (QED) is 0.665. The van der Waals surface area contributed by atoms with E-state index in [1.165, 1.54) is 7.11 Å². The van der Waals surface area contributed by atoms with Crippen molar-refractivity contribution in [3.8, 4) is 0 Å². The summed E-state index contributed by atoms with van der Waals surface area (Å²) in [6.45, 7) is 0. The van der Waals surface area contributed by atoms with Crippen LogP contribution in [0.15, 0.2) is 40.8 Å². The zero-order valence-corrected chi connectivity index (χ0v) is 9.92. The number of para-hydroxylation sites is 1. The molecule has 0 fully saturated rings. The van der Waals surface area contributed by atoms with Crippen molar-refractivity contribution in [1.82, 2.24) is 0 Å². The number of hydrogen-bond donors (Lipinski definition) is 1. The molecule has 0 spiro atoms. The molecule has 2 N–H and O–H groups in total. The minimum absolute atomic E-state index is 0.179. The summed E-state index contributed by atoms with van der Waals surface area (Å²) in [5.41, 5.74) is 7.39. The van der Waals surface area contributed by atoms with E-state index < -0.39 is 5.97 Å². The number of esters is 1. The van der Waals surface area contributed by atoms with Crippen LogP contribution in [0.1, 0.15) is 21.9 Å². The maximum absolute atomic E-state index is 11.2. The lowest BCUT2D eigenvalue weighted by Gasteiger charge is -1.97. The molecule has 1 aromatic carbocycles. The number of anilines is 1. The summed E-state index contributed by atoms with van der Waals surface area (Å²) in [5.74, 6) is 0.255. The Morgan fingerprint density at radius 2 is 2.00 bits per heavy atom. The number of rotatable bonds is 3. The second-order valence-corrected chi connectivity index (χ2v) is 3.66. The zero-order chi connectivity index (χ0) is 13.0. The first-order chi connectivity index (χ1) is 8.70. The standard InChI is InChI=1S/C14H13NO3/c1-17-14(16)13-9-8-11(18-13)7-6-10-4-2-3-5-12(10)15/h2-9H,15H2,1H3/b7-6+. The number of benzene rings is 1. The first-order valence-electron chi connectivity index (χ1n) is 5.41. The number of nitrogen functional groups attached to an aromatic ring is 1. The summed E-state index contributed by atoms with van der Waals surface area (Å²) in [5, 5.41) is 0. The second-order valence-electron chi connectivity index (χ2n) is 3.66. The highest BCUT2D eigenvalue weighted by Crippen LogP contribution is 2.16. The highest BCUT2D eigenvalue weighted by atomic mass is 16.5. The molecule has 2 aromatic rings. The summed E-state index contributed by atoms with van der Waals surface area (Å²) in [6.07, 6.45) is 3.58. The molecular formula is C14H13NO3. The van der Waals surface area contributed by atoms with E-state index in [9.17, 15) is 4.79 Å². The Bertz CT molecular complexity index is 584. The molecular weight excluding hydrogens is 230 g/mol. The maximum atomic E-state index is 11.2. The Morgan fingerprint density at radius 3 is 2.72 bits per heavy atom. The van der Waals surface area contributed by atoms with Crippen LogP contribution in [0.3, 0.4) is 0 Å². The van der Waals surface area contributed by atoms with Crippen molar-refractivity contribution in [2.45, 2.75) is 0 Å². The number of carbonyl (C=O) groups excluding carboxylic acids is 1. The van der Waals surface area contributed by atoms with Gasteiger partial charge in [-0.25, -0.2) is 4.79 Å². The molecule has 1 aromatic heterocycles. The van der Waals surface area contributed by atoms with Gasteiger partial charge in [0.25, 0.3) is 0 Å². The van der Waals surface area contributed by atoms with E-state index in [-0.39, 0.29) is 5.76 Å². The number of furan rings is 1. The van der Waals surface area contributed by atoms with Crippen molar-refractivity contribution in [3.63, 3.8) is 0 Å². The molecule has 4 heteroatoms. The molecule has 92 valence electrons. The largest absolute Gasteiger partial charge is 0.463 e. The second kappa shape index (κ2) is 5.23. The van der Waals surface area contributed by atoms with Crippen LogP contribution in [0.4, 0.5) is 5.69 Å². The molecule has 0 amide bonds. The van der Waals surface area contributed by atoms with E-state index in [4.69, 9.17) is 10.2 Å². The Morgan fingerprint density at radius 1 is 1.22 bits per heavy atom. The van der Waals surface area contributed by atoms with E-state index in [2.05, 4.69) is 4.74 Å². The molecule has 0 aliphatic heterocycles. The van der Waals surface area contributed by atoms with E-state index in [1.807, 2.05) is 30.3 Å². The summed E-state index contributed by atoms with van der Waals surface area (Å²) in [6, 6.07) is 10.8. The smallest absolute Gasteiger partial charge is 0.373 e. The van der Waals surface area contributed by atoms with Crippen molar-refractivity contribution in [1.29, 1.82) is 0 Å². The summed E-state index contributed by atoms with van der Waals surface area (Å²) < 4.78 is 9.85. The molecule has 2 rings (SSSR count).